The quantitative estimate of drug-likeness (QED) is 0.652. The highest BCUT2D eigenvalue weighted by Crippen LogP contribution is 2.16. The van der Waals surface area contributed by atoms with Gasteiger partial charge in [-0.2, -0.15) is 0 Å². The Balaban J connectivity index is 0.00000162. The maximum Gasteiger partial charge on any atom is 0.357 e. The third kappa shape index (κ3) is 2.47. The second-order valence-electron chi connectivity index (χ2n) is 3.30. The van der Waals surface area contributed by atoms with E-state index in [1.165, 1.54) is 12.3 Å². The molecule has 6 heteroatoms. The lowest BCUT2D eigenvalue weighted by Gasteiger charge is -2.03. The molecule has 0 aliphatic rings. The molecule has 0 saturated heterocycles. The van der Waals surface area contributed by atoms with E-state index >= 15 is 0 Å². The SMILES string of the molecule is CCC(=O)OCOC(=O)c1cc2occc2[nH]1.[HH]. The van der Waals surface area contributed by atoms with Crippen molar-refractivity contribution >= 4 is 23.0 Å². The molecule has 0 bridgehead atoms. The summed E-state index contributed by atoms with van der Waals surface area (Å²) in [4.78, 5) is 25.1. The molecule has 1 N–H and O–H groups in total. The van der Waals surface area contributed by atoms with Crippen LogP contribution in [0.2, 0.25) is 0 Å². The van der Waals surface area contributed by atoms with Gasteiger partial charge in [-0.3, -0.25) is 4.79 Å². The Morgan fingerprint density at radius 1 is 1.47 bits per heavy atom. The fourth-order valence-corrected chi connectivity index (χ4v) is 1.29. The lowest BCUT2D eigenvalue weighted by atomic mass is 10.4. The highest BCUT2D eigenvalue weighted by atomic mass is 16.7. The van der Waals surface area contributed by atoms with Crippen molar-refractivity contribution in [1.82, 2.24) is 4.98 Å². The maximum atomic E-state index is 11.5. The van der Waals surface area contributed by atoms with Crippen LogP contribution in [-0.2, 0) is 14.3 Å². The first-order valence-electron chi connectivity index (χ1n) is 5.09. The van der Waals surface area contributed by atoms with Gasteiger partial charge in [0.2, 0.25) is 6.79 Å². The van der Waals surface area contributed by atoms with Crippen molar-refractivity contribution in [2.24, 2.45) is 0 Å². The third-order valence-corrected chi connectivity index (χ3v) is 2.16. The van der Waals surface area contributed by atoms with Crippen LogP contribution in [0.4, 0.5) is 0 Å². The minimum absolute atomic E-state index is 0. The van der Waals surface area contributed by atoms with Crippen molar-refractivity contribution in [3.8, 4) is 0 Å². The highest BCUT2D eigenvalue weighted by molar-refractivity contribution is 5.93. The van der Waals surface area contributed by atoms with Crippen LogP contribution >= 0.6 is 0 Å². The average Bonchev–Trinajstić information content (AvgIpc) is 2.88. The van der Waals surface area contributed by atoms with Gasteiger partial charge in [-0.25, -0.2) is 4.79 Å². The molecule has 0 radical (unpaired) electrons. The molecule has 0 atom stereocenters. The van der Waals surface area contributed by atoms with E-state index < -0.39 is 11.9 Å². The number of fused-ring (bicyclic) bond motifs is 1. The Morgan fingerprint density at radius 2 is 2.29 bits per heavy atom. The molecule has 92 valence electrons. The van der Waals surface area contributed by atoms with Gasteiger partial charge in [0.05, 0.1) is 11.8 Å². The molecule has 0 amide bonds. The van der Waals surface area contributed by atoms with Gasteiger partial charge in [0.1, 0.15) is 5.69 Å². The zero-order valence-corrected chi connectivity index (χ0v) is 9.19. The summed E-state index contributed by atoms with van der Waals surface area (Å²) < 4.78 is 14.4. The lowest BCUT2D eigenvalue weighted by Crippen LogP contribution is -2.12. The van der Waals surface area contributed by atoms with E-state index in [9.17, 15) is 9.59 Å². The van der Waals surface area contributed by atoms with Gasteiger partial charge < -0.3 is 18.9 Å². The second kappa shape index (κ2) is 4.73. The monoisotopic (exact) mass is 239 g/mol. The molecule has 0 aliphatic heterocycles. The smallest absolute Gasteiger partial charge is 0.357 e. The summed E-state index contributed by atoms with van der Waals surface area (Å²) in [6.45, 7) is 1.27. The molecule has 2 aromatic rings. The first-order chi connectivity index (χ1) is 8.20. The summed E-state index contributed by atoms with van der Waals surface area (Å²) in [5.74, 6) is -1.02. The van der Waals surface area contributed by atoms with E-state index in [1.54, 1.807) is 13.0 Å². The zero-order chi connectivity index (χ0) is 12.3. The van der Waals surface area contributed by atoms with Crippen LogP contribution in [0.5, 0.6) is 0 Å². The molecule has 2 heterocycles. The molecular formula is C11H13NO5. The van der Waals surface area contributed by atoms with Crippen LogP contribution in [0.3, 0.4) is 0 Å². The number of carbonyl (C=O) groups excluding carboxylic acids is 2. The molecule has 0 saturated carbocycles. The molecule has 2 aromatic heterocycles. The summed E-state index contributed by atoms with van der Waals surface area (Å²) in [6.07, 6.45) is 1.76. The number of carbonyl (C=O) groups is 2. The minimum Gasteiger partial charge on any atom is -0.463 e. The van der Waals surface area contributed by atoms with E-state index in [0.717, 1.165) is 0 Å². The standard InChI is InChI=1S/C11H11NO5.H2/c1-2-10(13)16-6-17-11(14)8-5-9-7(12-8)3-4-15-9;/h3-5,12H,2,6H2,1H3;1H. The number of aromatic nitrogens is 1. The molecule has 0 spiro atoms. The topological polar surface area (TPSA) is 81.5 Å². The fourth-order valence-electron chi connectivity index (χ4n) is 1.29. The average molecular weight is 239 g/mol. The van der Waals surface area contributed by atoms with Crippen molar-refractivity contribution in [2.75, 3.05) is 6.79 Å². The van der Waals surface area contributed by atoms with Crippen molar-refractivity contribution < 1.29 is 24.9 Å². The number of H-pyrrole nitrogens is 1. The zero-order valence-electron chi connectivity index (χ0n) is 9.19. The van der Waals surface area contributed by atoms with Gasteiger partial charge in [0.15, 0.2) is 5.58 Å². The Hall–Kier alpha value is -2.24. The van der Waals surface area contributed by atoms with Crippen LogP contribution in [-0.4, -0.2) is 23.7 Å². The number of rotatable bonds is 4. The highest BCUT2D eigenvalue weighted by Gasteiger charge is 2.12. The number of hydrogen-bond acceptors (Lipinski definition) is 5. The normalized spacial score (nSPS) is 10.4. The van der Waals surface area contributed by atoms with Crippen LogP contribution < -0.4 is 0 Å². The molecule has 17 heavy (non-hydrogen) atoms. The number of ether oxygens (including phenoxy) is 2. The molecule has 2 rings (SSSR count). The number of esters is 2. The van der Waals surface area contributed by atoms with Gasteiger partial charge in [0, 0.05) is 20.0 Å². The summed E-state index contributed by atoms with van der Waals surface area (Å²) in [5.41, 5.74) is 1.54. The van der Waals surface area contributed by atoms with Crippen LogP contribution in [0.1, 0.15) is 25.3 Å². The van der Waals surface area contributed by atoms with Gasteiger partial charge >= 0.3 is 11.9 Å². The lowest BCUT2D eigenvalue weighted by molar-refractivity contribution is -0.151. The summed E-state index contributed by atoms with van der Waals surface area (Å²) in [7, 11) is 0. The van der Waals surface area contributed by atoms with Crippen LogP contribution in [0.15, 0.2) is 22.8 Å². The maximum absolute atomic E-state index is 11.5. The largest absolute Gasteiger partial charge is 0.463 e. The van der Waals surface area contributed by atoms with Crippen LogP contribution in [0, 0.1) is 0 Å². The summed E-state index contributed by atoms with van der Waals surface area (Å²) >= 11 is 0. The fraction of sp³-hybridized carbons (Fsp3) is 0.273. The van der Waals surface area contributed by atoms with E-state index in [2.05, 4.69) is 9.72 Å². The first kappa shape index (κ1) is 11.3. The second-order valence-corrected chi connectivity index (χ2v) is 3.30. The van der Waals surface area contributed by atoms with Crippen molar-refractivity contribution in [3.63, 3.8) is 0 Å². The predicted octanol–water partition coefficient (Wildman–Crippen LogP) is 2.07. The number of nitrogens with one attached hydrogen (secondary N) is 1. The Kier molecular flexibility index (Phi) is 3.13. The van der Waals surface area contributed by atoms with Gasteiger partial charge in [-0.05, 0) is 0 Å². The van der Waals surface area contributed by atoms with Crippen LogP contribution in [0.25, 0.3) is 11.1 Å². The summed E-state index contributed by atoms with van der Waals surface area (Å²) in [6, 6.07) is 3.22. The minimum atomic E-state index is -0.597. The number of hydrogen-bond donors (Lipinski definition) is 1. The van der Waals surface area contributed by atoms with E-state index in [1.807, 2.05) is 0 Å². The van der Waals surface area contributed by atoms with Crippen molar-refractivity contribution in [1.29, 1.82) is 0 Å². The van der Waals surface area contributed by atoms with E-state index in [-0.39, 0.29) is 20.3 Å². The summed E-state index contributed by atoms with van der Waals surface area (Å²) in [5, 5.41) is 0. The molecular weight excluding hydrogens is 226 g/mol. The van der Waals surface area contributed by atoms with E-state index in [0.29, 0.717) is 11.1 Å². The molecule has 0 unspecified atom stereocenters. The van der Waals surface area contributed by atoms with Gasteiger partial charge in [0.25, 0.3) is 0 Å². The Bertz CT molecular complexity index is 516. The molecule has 0 aromatic carbocycles. The van der Waals surface area contributed by atoms with Crippen molar-refractivity contribution in [2.45, 2.75) is 13.3 Å². The molecule has 6 nitrogen and oxygen atoms in total. The molecule has 0 fully saturated rings. The first-order valence-corrected chi connectivity index (χ1v) is 5.09. The predicted molar refractivity (Wildman–Crippen MR) is 59.3 cm³/mol. The Morgan fingerprint density at radius 3 is 3.00 bits per heavy atom. The molecule has 0 aliphatic carbocycles. The van der Waals surface area contributed by atoms with Gasteiger partial charge in [-0.15, -0.1) is 0 Å². The Labute approximate surface area is 98.0 Å². The third-order valence-electron chi connectivity index (χ3n) is 2.16. The van der Waals surface area contributed by atoms with Gasteiger partial charge in [-0.1, -0.05) is 6.92 Å². The van der Waals surface area contributed by atoms with Crippen molar-refractivity contribution in [3.05, 3.63) is 24.1 Å². The van der Waals surface area contributed by atoms with E-state index in [4.69, 9.17) is 9.15 Å². The number of aromatic amines is 1. The number of furan rings is 1.